The summed E-state index contributed by atoms with van der Waals surface area (Å²) in [5.74, 6) is 0.726. The number of hydrogen-bond donors (Lipinski definition) is 0. The first-order valence-electron chi connectivity index (χ1n) is 10.5. The van der Waals surface area contributed by atoms with Crippen molar-refractivity contribution in [2.75, 3.05) is 7.11 Å². The number of carbonyl (C=O) groups is 3. The van der Waals surface area contributed by atoms with Crippen LogP contribution in [0.5, 0.6) is 11.5 Å². The Bertz CT molecular complexity index is 831. The molecule has 0 spiro atoms. The summed E-state index contributed by atoms with van der Waals surface area (Å²) in [4.78, 5) is 36.6. The van der Waals surface area contributed by atoms with Crippen molar-refractivity contribution in [1.29, 1.82) is 0 Å². The third-order valence-electron chi connectivity index (χ3n) is 6.33. The molecule has 1 heterocycles. The summed E-state index contributed by atoms with van der Waals surface area (Å²) in [6.07, 6.45) is 1.88. The predicted octanol–water partition coefficient (Wildman–Crippen LogP) is 4.40. The third kappa shape index (κ3) is 4.45. The maximum Gasteiger partial charge on any atom is 0.514 e. The van der Waals surface area contributed by atoms with E-state index < -0.39 is 23.5 Å². The van der Waals surface area contributed by atoms with Crippen molar-refractivity contribution < 1.29 is 33.3 Å². The van der Waals surface area contributed by atoms with Gasteiger partial charge in [0.1, 0.15) is 23.0 Å². The maximum absolute atomic E-state index is 12.5. The Morgan fingerprint density at radius 1 is 1.27 bits per heavy atom. The van der Waals surface area contributed by atoms with E-state index >= 15 is 0 Å². The summed E-state index contributed by atoms with van der Waals surface area (Å²) < 4.78 is 21.1. The molecule has 0 radical (unpaired) electrons. The first-order chi connectivity index (χ1) is 14.1. The number of methoxy groups -OCH3 is 1. The predicted molar refractivity (Wildman–Crippen MR) is 108 cm³/mol. The van der Waals surface area contributed by atoms with Crippen LogP contribution in [-0.2, 0) is 24.5 Å². The van der Waals surface area contributed by atoms with Crippen molar-refractivity contribution in [3.8, 4) is 11.5 Å². The van der Waals surface area contributed by atoms with Gasteiger partial charge in [-0.2, -0.15) is 0 Å². The minimum absolute atomic E-state index is 0.167. The lowest BCUT2D eigenvalue weighted by molar-refractivity contribution is -0.148. The quantitative estimate of drug-likeness (QED) is 0.398. The fourth-order valence-corrected chi connectivity index (χ4v) is 4.44. The van der Waals surface area contributed by atoms with Crippen LogP contribution < -0.4 is 9.47 Å². The highest BCUT2D eigenvalue weighted by molar-refractivity contribution is 5.94. The molecule has 4 atom stereocenters. The molecule has 1 aliphatic heterocycles. The van der Waals surface area contributed by atoms with Crippen molar-refractivity contribution in [3.63, 3.8) is 0 Å². The lowest BCUT2D eigenvalue weighted by Gasteiger charge is -2.36. The Balaban J connectivity index is 1.74. The molecule has 0 aromatic heterocycles. The van der Waals surface area contributed by atoms with E-state index in [1.54, 1.807) is 25.1 Å². The molecular formula is C23H30O7. The van der Waals surface area contributed by atoms with Crippen LogP contribution in [0, 0.1) is 17.8 Å². The molecule has 30 heavy (non-hydrogen) atoms. The van der Waals surface area contributed by atoms with Crippen molar-refractivity contribution >= 4 is 18.1 Å². The van der Waals surface area contributed by atoms with Crippen molar-refractivity contribution in [3.05, 3.63) is 23.8 Å². The van der Waals surface area contributed by atoms with Crippen LogP contribution in [0.25, 0.3) is 0 Å². The van der Waals surface area contributed by atoms with E-state index in [0.29, 0.717) is 29.1 Å². The summed E-state index contributed by atoms with van der Waals surface area (Å²) in [5.41, 5.74) is -0.720. The molecule has 1 fully saturated rings. The molecule has 1 aromatic rings. The minimum Gasteiger partial charge on any atom is -0.469 e. The van der Waals surface area contributed by atoms with Crippen molar-refractivity contribution in [2.45, 2.75) is 64.9 Å². The molecule has 164 valence electrons. The van der Waals surface area contributed by atoms with E-state index in [0.717, 1.165) is 19.3 Å². The first kappa shape index (κ1) is 22.1. The minimum atomic E-state index is -1.20. The van der Waals surface area contributed by atoms with Crippen molar-refractivity contribution in [1.82, 2.24) is 0 Å². The lowest BCUT2D eigenvalue weighted by Crippen LogP contribution is -2.36. The number of fused-ring (bicyclic) bond motifs is 1. The van der Waals surface area contributed by atoms with Gasteiger partial charge in [0, 0.05) is 5.56 Å². The normalized spacial score (nSPS) is 27.9. The molecule has 7 heteroatoms. The molecule has 1 aromatic carbocycles. The van der Waals surface area contributed by atoms with Gasteiger partial charge < -0.3 is 18.9 Å². The van der Waals surface area contributed by atoms with E-state index in [-0.39, 0.29) is 18.3 Å². The zero-order valence-corrected chi connectivity index (χ0v) is 18.2. The second-order valence-electron chi connectivity index (χ2n) is 8.97. The molecule has 0 bridgehead atoms. The van der Waals surface area contributed by atoms with Gasteiger partial charge in [0.15, 0.2) is 0 Å². The number of benzene rings is 1. The average Bonchev–Trinajstić information content (AvgIpc) is 2.91. The van der Waals surface area contributed by atoms with E-state index in [2.05, 4.69) is 20.8 Å². The van der Waals surface area contributed by atoms with Crippen LogP contribution in [0.2, 0.25) is 0 Å². The number of hydrogen-bond acceptors (Lipinski definition) is 7. The highest BCUT2D eigenvalue weighted by Gasteiger charge is 2.47. The van der Waals surface area contributed by atoms with Gasteiger partial charge in [-0.25, -0.2) is 4.79 Å². The zero-order valence-electron chi connectivity index (χ0n) is 18.2. The van der Waals surface area contributed by atoms with Gasteiger partial charge in [0.05, 0.1) is 13.5 Å². The highest BCUT2D eigenvalue weighted by atomic mass is 16.7. The Morgan fingerprint density at radius 2 is 2.00 bits per heavy atom. The molecule has 1 saturated carbocycles. The molecule has 3 rings (SSSR count). The first-order valence-corrected chi connectivity index (χ1v) is 10.5. The molecular weight excluding hydrogens is 388 g/mol. The van der Waals surface area contributed by atoms with Crippen molar-refractivity contribution in [2.24, 2.45) is 17.8 Å². The van der Waals surface area contributed by atoms with Crippen LogP contribution >= 0.6 is 0 Å². The SMILES string of the molecule is COC(=O)C[C@]1(C)C(=O)Oc2ccc(OC(=O)O[C@@H]3C[C@H](C)CC[C@H]3C(C)C)cc21. The average molecular weight is 418 g/mol. The number of rotatable bonds is 5. The molecule has 2 aliphatic rings. The molecule has 1 aliphatic carbocycles. The fourth-order valence-electron chi connectivity index (χ4n) is 4.44. The largest absolute Gasteiger partial charge is 0.514 e. The second kappa shape index (κ2) is 8.66. The van der Waals surface area contributed by atoms with E-state index in [1.165, 1.54) is 7.11 Å². The fraction of sp³-hybridized carbons (Fsp3) is 0.609. The number of carbonyl (C=O) groups excluding carboxylic acids is 3. The zero-order chi connectivity index (χ0) is 22.1. The summed E-state index contributed by atoms with van der Waals surface area (Å²) in [6.45, 7) is 8.05. The Morgan fingerprint density at radius 3 is 2.67 bits per heavy atom. The highest BCUT2D eigenvalue weighted by Crippen LogP contribution is 2.44. The molecule has 0 unspecified atom stereocenters. The van der Waals surface area contributed by atoms with Gasteiger partial charge in [0.25, 0.3) is 0 Å². The summed E-state index contributed by atoms with van der Waals surface area (Å²) >= 11 is 0. The standard InChI is InChI=1S/C23H30O7/c1-13(2)16-8-6-14(3)10-19(16)30-22(26)28-15-7-9-18-17(11-15)23(4,21(25)29-18)12-20(24)27-5/h7,9,11,13-14,16,19H,6,8,10,12H2,1-5H3/t14-,16+,19-,23+/m1/s1. The topological polar surface area (TPSA) is 88.1 Å². The van der Waals surface area contributed by atoms with Crippen LogP contribution in [0.1, 0.15) is 58.9 Å². The Hall–Kier alpha value is -2.57. The van der Waals surface area contributed by atoms with E-state index in [9.17, 15) is 14.4 Å². The lowest BCUT2D eigenvalue weighted by atomic mass is 9.75. The number of ether oxygens (including phenoxy) is 4. The van der Waals surface area contributed by atoms with E-state index in [4.69, 9.17) is 18.9 Å². The Labute approximate surface area is 177 Å². The summed E-state index contributed by atoms with van der Waals surface area (Å²) in [7, 11) is 1.26. The Kier molecular flexibility index (Phi) is 6.38. The van der Waals surface area contributed by atoms with Crippen LogP contribution in [0.4, 0.5) is 4.79 Å². The van der Waals surface area contributed by atoms with Gasteiger partial charge in [-0.15, -0.1) is 0 Å². The maximum atomic E-state index is 12.5. The van der Waals surface area contributed by atoms with Crippen LogP contribution in [-0.4, -0.2) is 31.3 Å². The van der Waals surface area contributed by atoms with Gasteiger partial charge in [0.2, 0.25) is 0 Å². The molecule has 0 amide bonds. The van der Waals surface area contributed by atoms with Gasteiger partial charge in [-0.3, -0.25) is 9.59 Å². The van der Waals surface area contributed by atoms with Gasteiger partial charge in [-0.05, 0) is 55.7 Å². The molecule has 0 saturated heterocycles. The molecule has 0 N–H and O–H groups in total. The van der Waals surface area contributed by atoms with Gasteiger partial charge in [-0.1, -0.05) is 27.2 Å². The number of esters is 2. The van der Waals surface area contributed by atoms with Crippen LogP contribution in [0.3, 0.4) is 0 Å². The monoisotopic (exact) mass is 418 g/mol. The van der Waals surface area contributed by atoms with Gasteiger partial charge >= 0.3 is 18.1 Å². The summed E-state index contributed by atoms with van der Waals surface area (Å²) in [5, 5.41) is 0. The smallest absolute Gasteiger partial charge is 0.469 e. The molecule has 7 nitrogen and oxygen atoms in total. The second-order valence-corrected chi connectivity index (χ2v) is 8.97. The third-order valence-corrected chi connectivity index (χ3v) is 6.33. The van der Waals surface area contributed by atoms with Crippen LogP contribution in [0.15, 0.2) is 18.2 Å². The summed E-state index contributed by atoms with van der Waals surface area (Å²) in [6, 6.07) is 4.65. The van der Waals surface area contributed by atoms with E-state index in [1.807, 2.05) is 0 Å².